The molecule has 9 nitrogen and oxygen atoms in total. The highest BCUT2D eigenvalue weighted by atomic mass is 32.2. The van der Waals surface area contributed by atoms with Crippen LogP contribution in [0.3, 0.4) is 0 Å². The number of halogens is 1. The summed E-state index contributed by atoms with van der Waals surface area (Å²) in [5.41, 5.74) is 1.35. The lowest BCUT2D eigenvalue weighted by atomic mass is 9.99. The number of nitrogens with zero attached hydrogens (tertiary/aromatic N) is 3. The minimum atomic E-state index is -3.36. The molecule has 2 bridgehead atoms. The number of sulfonamides is 1. The summed E-state index contributed by atoms with van der Waals surface area (Å²) in [5.74, 6) is 1.65. The lowest BCUT2D eigenvalue weighted by molar-refractivity contribution is -0.00228. The van der Waals surface area contributed by atoms with Gasteiger partial charge in [-0.15, -0.1) is 0 Å². The second kappa shape index (κ2) is 9.39. The summed E-state index contributed by atoms with van der Waals surface area (Å²) in [6.07, 6.45) is 2.95. The van der Waals surface area contributed by atoms with Gasteiger partial charge in [-0.1, -0.05) is 17.3 Å². The maximum atomic E-state index is 13.5. The summed E-state index contributed by atoms with van der Waals surface area (Å²) in [6.45, 7) is 3.76. The van der Waals surface area contributed by atoms with Gasteiger partial charge in [-0.05, 0) is 61.1 Å². The van der Waals surface area contributed by atoms with Crippen LogP contribution >= 0.6 is 0 Å². The van der Waals surface area contributed by atoms with Gasteiger partial charge in [0.05, 0.1) is 24.9 Å². The largest absolute Gasteiger partial charge is 0.380 e. The van der Waals surface area contributed by atoms with E-state index in [0.717, 1.165) is 38.0 Å². The first-order valence-corrected chi connectivity index (χ1v) is 15.3. The summed E-state index contributed by atoms with van der Waals surface area (Å²) < 4.78 is 52.5. The number of aromatic nitrogens is 1. The molecule has 11 heteroatoms. The molecule has 0 spiro atoms. The molecule has 1 aromatic carbocycles. The van der Waals surface area contributed by atoms with Gasteiger partial charge >= 0.3 is 0 Å². The van der Waals surface area contributed by atoms with Crippen LogP contribution in [0, 0.1) is 23.6 Å². The first-order chi connectivity index (χ1) is 18.3. The van der Waals surface area contributed by atoms with E-state index in [1.807, 2.05) is 12.1 Å². The molecule has 1 saturated carbocycles. The van der Waals surface area contributed by atoms with E-state index < -0.39 is 10.0 Å². The van der Waals surface area contributed by atoms with Crippen molar-refractivity contribution in [3.05, 3.63) is 53.2 Å². The molecular weight excluding hydrogens is 511 g/mol. The number of carbonyl (C=O) groups is 1. The Morgan fingerprint density at radius 3 is 2.39 bits per heavy atom. The number of benzene rings is 1. The highest BCUT2D eigenvalue weighted by Crippen LogP contribution is 2.53. The van der Waals surface area contributed by atoms with Gasteiger partial charge < -0.3 is 14.6 Å². The van der Waals surface area contributed by atoms with E-state index in [9.17, 15) is 17.6 Å². The van der Waals surface area contributed by atoms with Crippen LogP contribution in [-0.4, -0.2) is 78.9 Å². The van der Waals surface area contributed by atoms with E-state index in [1.54, 1.807) is 10.4 Å². The minimum absolute atomic E-state index is 0.0578. The van der Waals surface area contributed by atoms with Crippen molar-refractivity contribution in [1.82, 2.24) is 19.7 Å². The molecule has 1 aromatic heterocycles. The van der Waals surface area contributed by atoms with Crippen molar-refractivity contribution < 1.29 is 26.9 Å². The van der Waals surface area contributed by atoms with Gasteiger partial charge in [-0.25, -0.2) is 12.8 Å². The fourth-order valence-corrected chi connectivity index (χ4v) is 9.69. The summed E-state index contributed by atoms with van der Waals surface area (Å²) in [4.78, 5) is 15.1. The Kier molecular flexibility index (Phi) is 6.10. The van der Waals surface area contributed by atoms with Crippen LogP contribution in [0.4, 0.5) is 4.39 Å². The molecule has 5 heterocycles. The van der Waals surface area contributed by atoms with Crippen molar-refractivity contribution in [3.63, 3.8) is 0 Å². The van der Waals surface area contributed by atoms with Crippen LogP contribution in [0.25, 0.3) is 0 Å². The maximum absolute atomic E-state index is 13.5. The number of fused-ring (bicyclic) bond motifs is 3. The summed E-state index contributed by atoms with van der Waals surface area (Å²) >= 11 is 0. The monoisotopic (exact) mass is 544 g/mol. The highest BCUT2D eigenvalue weighted by molar-refractivity contribution is 7.89. The average Bonchev–Trinajstić information content (AvgIpc) is 3.26. The minimum Gasteiger partial charge on any atom is -0.380 e. The van der Waals surface area contributed by atoms with Gasteiger partial charge in [0.15, 0.2) is 5.69 Å². The van der Waals surface area contributed by atoms with Gasteiger partial charge in [0.1, 0.15) is 11.6 Å². The second-order valence-electron chi connectivity index (χ2n) is 11.8. The van der Waals surface area contributed by atoms with Crippen molar-refractivity contribution in [1.29, 1.82) is 0 Å². The number of rotatable bonds is 8. The normalized spacial score (nSPS) is 33.2. The predicted molar refractivity (Wildman–Crippen MR) is 135 cm³/mol. The molecular formula is C27H33FN4O5S. The first-order valence-electron chi connectivity index (χ1n) is 13.7. The van der Waals surface area contributed by atoms with Crippen molar-refractivity contribution in [2.24, 2.45) is 17.8 Å². The molecule has 4 unspecified atom stereocenters. The fraction of sp³-hybridized carbons (Fsp3) is 0.630. The molecule has 5 fully saturated rings. The third kappa shape index (κ3) is 4.57. The Bertz CT molecular complexity index is 1290. The van der Waals surface area contributed by atoms with Crippen molar-refractivity contribution in [2.75, 3.05) is 32.1 Å². The number of carbonyl (C=O) groups excluding carboxylic acids is 1. The molecule has 38 heavy (non-hydrogen) atoms. The second-order valence-corrected chi connectivity index (χ2v) is 13.7. The fourth-order valence-electron chi connectivity index (χ4n) is 7.24. The van der Waals surface area contributed by atoms with Crippen molar-refractivity contribution in [2.45, 2.75) is 56.3 Å². The zero-order valence-electron chi connectivity index (χ0n) is 21.2. The summed E-state index contributed by atoms with van der Waals surface area (Å²) in [6, 6.07) is 8.10. The molecule has 5 aliphatic rings. The maximum Gasteiger partial charge on any atom is 0.273 e. The highest BCUT2D eigenvalue weighted by Gasteiger charge is 2.58. The van der Waals surface area contributed by atoms with Crippen LogP contribution in [0.5, 0.6) is 0 Å². The van der Waals surface area contributed by atoms with Crippen molar-refractivity contribution in [3.8, 4) is 0 Å². The number of hydrogen-bond acceptors (Lipinski definition) is 7. The van der Waals surface area contributed by atoms with E-state index >= 15 is 0 Å². The lowest BCUT2D eigenvalue weighted by Gasteiger charge is -2.38. The molecule has 204 valence electrons. The Labute approximate surface area is 221 Å². The smallest absolute Gasteiger partial charge is 0.273 e. The number of piperidine rings is 2. The van der Waals surface area contributed by atoms with E-state index in [4.69, 9.17) is 9.26 Å². The molecule has 1 aliphatic carbocycles. The van der Waals surface area contributed by atoms with Crippen LogP contribution in [0.2, 0.25) is 0 Å². The van der Waals surface area contributed by atoms with Gasteiger partial charge in [-0.2, -0.15) is 4.31 Å². The number of nitrogens with one attached hydrogen (secondary N) is 1. The van der Waals surface area contributed by atoms with E-state index in [0.29, 0.717) is 43.7 Å². The van der Waals surface area contributed by atoms with E-state index in [1.165, 1.54) is 12.1 Å². The SMILES string of the molecule is O=C(NC1CC2CCC(C1)N2S(=O)(=O)CC1C2CN(Cc3ccc(F)cc3)CC21)c1cc(C2COC2)on1. The third-order valence-corrected chi connectivity index (χ3v) is 11.3. The molecule has 0 radical (unpaired) electrons. The third-order valence-electron chi connectivity index (χ3n) is 9.29. The number of likely N-dealkylation sites (tertiary alicyclic amines) is 1. The zero-order valence-corrected chi connectivity index (χ0v) is 22.0. The molecule has 4 saturated heterocycles. The van der Waals surface area contributed by atoms with Gasteiger partial charge in [0.2, 0.25) is 10.0 Å². The predicted octanol–water partition coefficient (Wildman–Crippen LogP) is 2.36. The summed E-state index contributed by atoms with van der Waals surface area (Å²) in [7, 11) is -3.36. The van der Waals surface area contributed by atoms with Crippen LogP contribution in [0.15, 0.2) is 34.9 Å². The van der Waals surface area contributed by atoms with Crippen LogP contribution in [0.1, 0.15) is 53.4 Å². The van der Waals surface area contributed by atoms with Gasteiger partial charge in [0.25, 0.3) is 5.91 Å². The Morgan fingerprint density at radius 1 is 1.08 bits per heavy atom. The van der Waals surface area contributed by atoms with E-state index in [-0.39, 0.29) is 53.1 Å². The quantitative estimate of drug-likeness (QED) is 0.544. The summed E-state index contributed by atoms with van der Waals surface area (Å²) in [5, 5.41) is 6.99. The first kappa shape index (κ1) is 24.7. The number of hydrogen-bond donors (Lipinski definition) is 1. The van der Waals surface area contributed by atoms with Crippen LogP contribution in [-0.2, 0) is 21.3 Å². The molecule has 7 rings (SSSR count). The molecule has 1 N–H and O–H groups in total. The van der Waals surface area contributed by atoms with Crippen LogP contribution < -0.4 is 5.32 Å². The van der Waals surface area contributed by atoms with Gasteiger partial charge in [-0.3, -0.25) is 9.69 Å². The lowest BCUT2D eigenvalue weighted by Crippen LogP contribution is -2.53. The zero-order chi connectivity index (χ0) is 26.0. The topological polar surface area (TPSA) is 105 Å². The molecule has 4 atom stereocenters. The number of amides is 1. The Hall–Kier alpha value is -2.34. The Morgan fingerprint density at radius 2 is 1.76 bits per heavy atom. The molecule has 1 amide bonds. The van der Waals surface area contributed by atoms with Gasteiger partial charge in [0, 0.05) is 43.8 Å². The Balaban J connectivity index is 0.918. The molecule has 2 aromatic rings. The average molecular weight is 545 g/mol. The molecule has 4 aliphatic heterocycles. The standard InChI is InChI=1S/C27H33FN4O5S/c28-18-3-1-16(2-4-18)10-31-11-22-23(12-31)24(22)15-38(34,35)32-20-5-6-21(32)8-19(7-20)29-27(33)25-9-26(37-30-25)17-13-36-14-17/h1-4,9,17,19-24H,5-8,10-15H2,(H,29,33). The van der Waals surface area contributed by atoms with Crippen molar-refractivity contribution >= 4 is 15.9 Å². The van der Waals surface area contributed by atoms with E-state index in [2.05, 4.69) is 15.4 Å². The number of ether oxygens (including phenoxy) is 1.